The van der Waals surface area contributed by atoms with Crippen molar-refractivity contribution in [1.29, 1.82) is 0 Å². The summed E-state index contributed by atoms with van der Waals surface area (Å²) in [7, 11) is -7.47. The molecule has 0 atom stereocenters. The molecule has 0 aliphatic heterocycles. The van der Waals surface area contributed by atoms with Gasteiger partial charge in [0.05, 0.1) is 48.4 Å². The number of nitrogens with zero attached hydrogens (tertiary/aromatic N) is 1. The molecule has 0 radical (unpaired) electrons. The van der Waals surface area contributed by atoms with Crippen molar-refractivity contribution in [1.82, 2.24) is 0 Å². The van der Waals surface area contributed by atoms with Gasteiger partial charge in [0.2, 0.25) is 0 Å². The van der Waals surface area contributed by atoms with Crippen molar-refractivity contribution in [2.24, 2.45) is 5.73 Å². The summed E-state index contributed by atoms with van der Waals surface area (Å²) >= 11 is 0. The fourth-order valence-electron chi connectivity index (χ4n) is 2.55. The number of primary amides is 1. The van der Waals surface area contributed by atoms with Gasteiger partial charge in [-0.25, -0.2) is 4.79 Å². The first kappa shape index (κ1) is 28.4. The van der Waals surface area contributed by atoms with Crippen LogP contribution in [0.1, 0.15) is 31.1 Å². The summed E-state index contributed by atoms with van der Waals surface area (Å²) in [6.07, 6.45) is 0.916. The van der Waals surface area contributed by atoms with Gasteiger partial charge in [-0.1, -0.05) is 0 Å². The highest BCUT2D eigenvalue weighted by atomic mass is 32.2. The largest absolute Gasteiger partial charge is 0.444 e. The van der Waals surface area contributed by atoms with Crippen LogP contribution in [0.3, 0.4) is 0 Å². The zero-order chi connectivity index (χ0) is 25.6. The Morgan fingerprint density at radius 1 is 1.00 bits per heavy atom. The number of ether oxygens (including phenoxy) is 1. The minimum Gasteiger partial charge on any atom is -0.444 e. The molecule has 0 heterocycles. The van der Waals surface area contributed by atoms with Gasteiger partial charge in [0.25, 0.3) is 26.1 Å². The highest BCUT2D eigenvalue weighted by molar-refractivity contribution is 7.86. The highest BCUT2D eigenvalue weighted by Crippen LogP contribution is 2.31. The van der Waals surface area contributed by atoms with Crippen molar-refractivity contribution < 1.29 is 39.5 Å². The van der Waals surface area contributed by atoms with E-state index in [0.29, 0.717) is 0 Å². The van der Waals surface area contributed by atoms with Gasteiger partial charge in [-0.3, -0.25) is 18.5 Å². The molecule has 2 amide bonds. The van der Waals surface area contributed by atoms with Crippen LogP contribution in [-0.4, -0.2) is 73.3 Å². The van der Waals surface area contributed by atoms with E-state index in [1.165, 1.54) is 17.0 Å². The number of nitrogens with one attached hydrogen (secondary N) is 1. The molecule has 0 aliphatic rings. The second-order valence-electron chi connectivity index (χ2n) is 7.99. The number of anilines is 3. The summed E-state index contributed by atoms with van der Waals surface area (Å²) in [5, 5.41) is 2.41. The normalized spacial score (nSPS) is 12.3. The SMILES string of the molecule is CC(C)(C)OC(=O)Nc1cc(N)c(N(CCOS(C)(=O)=O)CCOS(C)(=O)=O)cc1C(N)=O. The van der Waals surface area contributed by atoms with Gasteiger partial charge in [-0.2, -0.15) is 16.8 Å². The molecule has 1 rings (SSSR count). The highest BCUT2D eigenvalue weighted by Gasteiger charge is 2.22. The molecule has 0 saturated heterocycles. The Labute approximate surface area is 193 Å². The van der Waals surface area contributed by atoms with Gasteiger partial charge in [0, 0.05) is 13.1 Å². The van der Waals surface area contributed by atoms with Gasteiger partial charge < -0.3 is 21.1 Å². The second-order valence-corrected chi connectivity index (χ2v) is 11.3. The van der Waals surface area contributed by atoms with E-state index in [2.05, 4.69) is 5.32 Å². The van der Waals surface area contributed by atoms with Crippen LogP contribution in [0, 0.1) is 0 Å². The summed E-state index contributed by atoms with van der Waals surface area (Å²) in [4.78, 5) is 25.6. The number of amides is 2. The van der Waals surface area contributed by atoms with Gasteiger partial charge in [-0.15, -0.1) is 0 Å². The molecule has 13 nitrogen and oxygen atoms in total. The molecule has 1 aromatic carbocycles. The Balaban J connectivity index is 3.27. The molecule has 0 spiro atoms. The van der Waals surface area contributed by atoms with Gasteiger partial charge in [-0.05, 0) is 32.9 Å². The number of nitrogen functional groups attached to an aromatic ring is 1. The van der Waals surface area contributed by atoms with Gasteiger partial charge in [0.1, 0.15) is 5.60 Å². The van der Waals surface area contributed by atoms with E-state index >= 15 is 0 Å². The summed E-state index contributed by atoms with van der Waals surface area (Å²) in [5.74, 6) is -0.887. The second kappa shape index (κ2) is 11.0. The van der Waals surface area contributed by atoms with Crippen molar-refractivity contribution >= 4 is 49.3 Å². The van der Waals surface area contributed by atoms with E-state index in [1.54, 1.807) is 20.8 Å². The summed E-state index contributed by atoms with van der Waals surface area (Å²) in [6.45, 7) is 4.29. The third-order valence-corrected chi connectivity index (χ3v) is 4.92. The fourth-order valence-corrected chi connectivity index (χ4v) is 3.30. The molecule has 5 N–H and O–H groups in total. The Morgan fingerprint density at radius 3 is 1.88 bits per heavy atom. The van der Waals surface area contributed by atoms with Crippen molar-refractivity contribution in [3.05, 3.63) is 17.7 Å². The fraction of sp³-hybridized carbons (Fsp3) is 0.556. The maximum absolute atomic E-state index is 12.1. The molecule has 0 aliphatic carbocycles. The molecule has 0 bridgehead atoms. The average Bonchev–Trinajstić information content (AvgIpc) is 2.56. The summed E-state index contributed by atoms with van der Waals surface area (Å²) < 4.78 is 59.7. The van der Waals surface area contributed by atoms with E-state index in [-0.39, 0.29) is 48.9 Å². The van der Waals surface area contributed by atoms with Crippen LogP contribution in [0.15, 0.2) is 12.1 Å². The van der Waals surface area contributed by atoms with Gasteiger partial charge >= 0.3 is 6.09 Å². The minimum atomic E-state index is -3.73. The number of carbonyl (C=O) groups excluding carboxylic acids is 2. The van der Waals surface area contributed by atoms with Crippen LogP contribution in [0.25, 0.3) is 0 Å². The summed E-state index contributed by atoms with van der Waals surface area (Å²) in [5.41, 5.74) is 10.9. The molecule has 0 aromatic heterocycles. The lowest BCUT2D eigenvalue weighted by atomic mass is 10.1. The molecule has 0 fully saturated rings. The quantitative estimate of drug-likeness (QED) is 0.276. The number of hydrogen-bond donors (Lipinski definition) is 3. The Kier molecular flexibility index (Phi) is 9.47. The molecular weight excluding hydrogens is 480 g/mol. The molecule has 33 heavy (non-hydrogen) atoms. The monoisotopic (exact) mass is 510 g/mol. The number of nitrogens with two attached hydrogens (primary N) is 2. The molecule has 15 heteroatoms. The van der Waals surface area contributed by atoms with Crippen LogP contribution in [0.4, 0.5) is 21.9 Å². The lowest BCUT2D eigenvalue weighted by molar-refractivity contribution is 0.0636. The van der Waals surface area contributed by atoms with E-state index in [0.717, 1.165) is 12.5 Å². The van der Waals surface area contributed by atoms with Crippen LogP contribution in [0.5, 0.6) is 0 Å². The molecule has 188 valence electrons. The van der Waals surface area contributed by atoms with Crippen molar-refractivity contribution in [3.8, 4) is 0 Å². The Morgan fingerprint density at radius 2 is 1.48 bits per heavy atom. The lowest BCUT2D eigenvalue weighted by Gasteiger charge is -2.27. The first-order valence-electron chi connectivity index (χ1n) is 9.55. The third kappa shape index (κ3) is 11.2. The number of hydrogen-bond acceptors (Lipinski definition) is 11. The van der Waals surface area contributed by atoms with E-state index in [1.807, 2.05) is 0 Å². The standard InChI is InChI=1S/C18H30N4O9S2/c1-18(2,3)31-17(24)21-14-11-13(19)15(10-12(14)16(20)23)22(6-8-29-32(4,25)26)7-9-30-33(5,27)28/h10-11H,6-9,19H2,1-5H3,(H2,20,23)(H,21,24). The van der Waals surface area contributed by atoms with E-state index in [4.69, 9.17) is 24.6 Å². The lowest BCUT2D eigenvalue weighted by Crippen LogP contribution is -2.33. The smallest absolute Gasteiger partial charge is 0.412 e. The van der Waals surface area contributed by atoms with Crippen LogP contribution < -0.4 is 21.7 Å². The van der Waals surface area contributed by atoms with Crippen LogP contribution in [-0.2, 0) is 33.3 Å². The summed E-state index contributed by atoms with van der Waals surface area (Å²) in [6, 6.07) is 2.56. The third-order valence-electron chi connectivity index (χ3n) is 3.73. The van der Waals surface area contributed by atoms with Crippen LogP contribution in [0.2, 0.25) is 0 Å². The van der Waals surface area contributed by atoms with Crippen LogP contribution >= 0.6 is 0 Å². The predicted molar refractivity (Wildman–Crippen MR) is 123 cm³/mol. The van der Waals surface area contributed by atoms with Crippen molar-refractivity contribution in [2.45, 2.75) is 26.4 Å². The molecular formula is C18H30N4O9S2. The number of rotatable bonds is 11. The first-order valence-corrected chi connectivity index (χ1v) is 13.2. The maximum atomic E-state index is 12.1. The Bertz CT molecular complexity index is 1040. The van der Waals surface area contributed by atoms with Gasteiger partial charge in [0.15, 0.2) is 0 Å². The van der Waals surface area contributed by atoms with Crippen molar-refractivity contribution in [3.63, 3.8) is 0 Å². The zero-order valence-corrected chi connectivity index (χ0v) is 20.7. The maximum Gasteiger partial charge on any atom is 0.412 e. The van der Waals surface area contributed by atoms with Crippen molar-refractivity contribution in [2.75, 3.05) is 54.8 Å². The average molecular weight is 511 g/mol. The topological polar surface area (TPSA) is 197 Å². The zero-order valence-electron chi connectivity index (χ0n) is 19.1. The molecule has 0 unspecified atom stereocenters. The number of carbonyl (C=O) groups is 2. The first-order chi connectivity index (χ1) is 14.9. The Hall–Kier alpha value is -2.62. The van der Waals surface area contributed by atoms with E-state index in [9.17, 15) is 26.4 Å². The number of benzene rings is 1. The van der Waals surface area contributed by atoms with E-state index < -0.39 is 37.8 Å². The molecule has 0 saturated carbocycles. The molecule has 1 aromatic rings. The minimum absolute atomic E-state index is 0.00211. The predicted octanol–water partition coefficient (Wildman–Crippen LogP) is 0.474.